The lowest BCUT2D eigenvalue weighted by Crippen LogP contribution is -2.26. The first-order valence-electron chi connectivity index (χ1n) is 8.16. The second kappa shape index (κ2) is 6.87. The van der Waals surface area contributed by atoms with Crippen LogP contribution in [0.25, 0.3) is 0 Å². The molecule has 1 aromatic heterocycles. The van der Waals surface area contributed by atoms with Crippen LogP contribution in [-0.4, -0.2) is 28.3 Å². The summed E-state index contributed by atoms with van der Waals surface area (Å²) >= 11 is 6.20. The first-order chi connectivity index (χ1) is 12.3. The maximum atomic E-state index is 12.4. The lowest BCUT2D eigenvalue weighted by molar-refractivity contribution is -0.118. The average molecular weight is 378 g/mol. The van der Waals surface area contributed by atoms with Crippen molar-refractivity contribution in [2.24, 2.45) is 0 Å². The van der Waals surface area contributed by atoms with E-state index in [4.69, 9.17) is 16.3 Å². The van der Waals surface area contributed by atoms with Gasteiger partial charge in [0, 0.05) is 12.1 Å². The summed E-state index contributed by atoms with van der Waals surface area (Å²) in [4.78, 5) is 23.8. The minimum absolute atomic E-state index is 0.0763. The fourth-order valence-electron chi connectivity index (χ4n) is 2.81. The van der Waals surface area contributed by atoms with Crippen LogP contribution >= 0.6 is 11.6 Å². The van der Waals surface area contributed by atoms with Gasteiger partial charge in [0.1, 0.15) is 5.75 Å². The Morgan fingerprint density at radius 2 is 2.08 bits per heavy atom. The third-order valence-electron chi connectivity index (χ3n) is 4.00. The number of hydrogen-bond acceptors (Lipinski definition) is 4. The molecule has 0 bridgehead atoms. The van der Waals surface area contributed by atoms with E-state index >= 15 is 0 Å². The highest BCUT2D eigenvalue weighted by molar-refractivity contribution is 6.34. The Kier molecular flexibility index (Phi) is 4.78. The number of urea groups is 1. The molecule has 0 atom stereocenters. The van der Waals surface area contributed by atoms with Crippen LogP contribution < -0.4 is 20.7 Å². The second-order valence-corrected chi connectivity index (χ2v) is 6.74. The molecule has 1 aromatic carbocycles. The van der Waals surface area contributed by atoms with E-state index in [1.807, 2.05) is 32.4 Å². The Morgan fingerprint density at radius 3 is 2.73 bits per heavy atom. The van der Waals surface area contributed by atoms with Crippen molar-refractivity contribution in [3.05, 3.63) is 28.5 Å². The second-order valence-electron chi connectivity index (χ2n) is 6.33. The minimum atomic E-state index is -0.443. The third-order valence-corrected chi connectivity index (χ3v) is 4.32. The molecule has 3 rings (SSSR count). The highest BCUT2D eigenvalue weighted by Gasteiger charge is 2.20. The third kappa shape index (κ3) is 3.45. The summed E-state index contributed by atoms with van der Waals surface area (Å²) in [5.74, 6) is 0.199. The van der Waals surface area contributed by atoms with Crippen molar-refractivity contribution in [1.29, 1.82) is 0 Å². The van der Waals surface area contributed by atoms with E-state index < -0.39 is 6.03 Å². The van der Waals surface area contributed by atoms with E-state index in [-0.39, 0.29) is 23.6 Å². The number of aryl methyl sites for hydroxylation is 1. The van der Waals surface area contributed by atoms with Crippen LogP contribution in [0.3, 0.4) is 0 Å². The van der Waals surface area contributed by atoms with Gasteiger partial charge in [0.15, 0.2) is 6.61 Å². The van der Waals surface area contributed by atoms with E-state index in [2.05, 4.69) is 21.0 Å². The molecule has 1 aliphatic rings. The summed E-state index contributed by atoms with van der Waals surface area (Å²) in [6, 6.07) is 2.86. The largest absolute Gasteiger partial charge is 0.482 e. The van der Waals surface area contributed by atoms with Gasteiger partial charge in [-0.25, -0.2) is 4.79 Å². The quantitative estimate of drug-likeness (QED) is 0.759. The number of amides is 3. The van der Waals surface area contributed by atoms with Gasteiger partial charge in [-0.15, -0.1) is 0 Å². The zero-order chi connectivity index (χ0) is 19.0. The summed E-state index contributed by atoms with van der Waals surface area (Å²) in [6.45, 7) is 7.71. The highest BCUT2D eigenvalue weighted by atomic mass is 35.5. The predicted octanol–water partition coefficient (Wildman–Crippen LogP) is 3.71. The predicted molar refractivity (Wildman–Crippen MR) is 100 cm³/mol. The molecule has 9 heteroatoms. The zero-order valence-corrected chi connectivity index (χ0v) is 15.7. The molecule has 0 fully saturated rings. The number of carbonyl (C=O) groups is 2. The van der Waals surface area contributed by atoms with Gasteiger partial charge in [-0.3, -0.25) is 9.48 Å². The van der Waals surface area contributed by atoms with Crippen molar-refractivity contribution in [2.75, 3.05) is 22.6 Å². The number of halogens is 1. The number of nitrogens with one attached hydrogen (secondary N) is 3. The topological polar surface area (TPSA) is 97.3 Å². The van der Waals surface area contributed by atoms with Crippen molar-refractivity contribution in [2.45, 2.75) is 33.7 Å². The van der Waals surface area contributed by atoms with Gasteiger partial charge < -0.3 is 20.7 Å². The number of carbonyl (C=O) groups excluding carboxylic acids is 2. The van der Waals surface area contributed by atoms with Crippen LogP contribution in [0.4, 0.5) is 21.9 Å². The van der Waals surface area contributed by atoms with E-state index in [1.54, 1.807) is 6.07 Å². The number of anilines is 3. The van der Waals surface area contributed by atoms with Crippen LogP contribution in [-0.2, 0) is 4.79 Å². The van der Waals surface area contributed by atoms with Crippen molar-refractivity contribution in [3.63, 3.8) is 0 Å². The van der Waals surface area contributed by atoms with Gasteiger partial charge in [-0.05, 0) is 33.8 Å². The Hall–Kier alpha value is -2.74. The standard InChI is InChI=1S/C17H20ClN5O3/c1-8(2)23-10(4)16(9(3)22-23)21-17(25)20-12-6-14-13(5-11(12)18)19-15(24)7-26-14/h5-6,8H,7H2,1-4H3,(H,19,24)(H2,20,21,25). The molecule has 0 unspecified atom stereocenters. The molecule has 0 radical (unpaired) electrons. The fourth-order valence-corrected chi connectivity index (χ4v) is 3.02. The Morgan fingerprint density at radius 1 is 1.35 bits per heavy atom. The van der Waals surface area contributed by atoms with Gasteiger partial charge in [0.2, 0.25) is 0 Å². The summed E-state index contributed by atoms with van der Waals surface area (Å²) in [6.07, 6.45) is 0. The summed E-state index contributed by atoms with van der Waals surface area (Å²) in [5, 5.41) is 12.9. The van der Waals surface area contributed by atoms with Crippen LogP contribution in [0, 0.1) is 13.8 Å². The monoisotopic (exact) mass is 377 g/mol. The Labute approximate surface area is 155 Å². The van der Waals surface area contributed by atoms with Gasteiger partial charge >= 0.3 is 6.03 Å². The molecule has 0 saturated carbocycles. The summed E-state index contributed by atoms with van der Waals surface area (Å²) in [5.41, 5.74) is 3.12. The van der Waals surface area contributed by atoms with Gasteiger partial charge in [-0.1, -0.05) is 11.6 Å². The molecular weight excluding hydrogens is 358 g/mol. The zero-order valence-electron chi connectivity index (χ0n) is 14.9. The van der Waals surface area contributed by atoms with Crippen LogP contribution in [0.2, 0.25) is 5.02 Å². The molecule has 8 nitrogen and oxygen atoms in total. The molecule has 3 N–H and O–H groups in total. The summed E-state index contributed by atoms with van der Waals surface area (Å²) in [7, 11) is 0. The highest BCUT2D eigenvalue weighted by Crippen LogP contribution is 2.36. The molecule has 3 amide bonds. The number of rotatable bonds is 3. The summed E-state index contributed by atoms with van der Waals surface area (Å²) < 4.78 is 7.20. The maximum absolute atomic E-state index is 12.4. The number of benzene rings is 1. The normalized spacial score (nSPS) is 13.1. The first-order valence-corrected chi connectivity index (χ1v) is 8.54. The van der Waals surface area contributed by atoms with Gasteiger partial charge in [0.25, 0.3) is 5.91 Å². The molecule has 0 saturated heterocycles. The molecule has 0 spiro atoms. The number of fused-ring (bicyclic) bond motifs is 1. The Balaban J connectivity index is 1.78. The van der Waals surface area contributed by atoms with E-state index in [0.29, 0.717) is 22.8 Å². The van der Waals surface area contributed by atoms with E-state index in [0.717, 1.165) is 11.4 Å². The maximum Gasteiger partial charge on any atom is 0.323 e. The molecule has 2 aromatic rings. The van der Waals surface area contributed by atoms with Crippen molar-refractivity contribution in [1.82, 2.24) is 9.78 Å². The Bertz CT molecular complexity index is 891. The van der Waals surface area contributed by atoms with Crippen LogP contribution in [0.15, 0.2) is 12.1 Å². The van der Waals surface area contributed by atoms with E-state index in [1.165, 1.54) is 6.07 Å². The molecular formula is C17H20ClN5O3. The molecule has 2 heterocycles. The molecule has 0 aliphatic carbocycles. The number of ether oxygens (including phenoxy) is 1. The average Bonchev–Trinajstić information content (AvgIpc) is 2.84. The van der Waals surface area contributed by atoms with Gasteiger partial charge in [-0.2, -0.15) is 5.10 Å². The van der Waals surface area contributed by atoms with E-state index in [9.17, 15) is 9.59 Å². The van der Waals surface area contributed by atoms with Crippen LogP contribution in [0.1, 0.15) is 31.3 Å². The smallest absolute Gasteiger partial charge is 0.323 e. The fraction of sp³-hybridized carbons (Fsp3) is 0.353. The minimum Gasteiger partial charge on any atom is -0.482 e. The van der Waals surface area contributed by atoms with Crippen LogP contribution in [0.5, 0.6) is 5.75 Å². The van der Waals surface area contributed by atoms with Gasteiger partial charge in [0.05, 0.1) is 33.5 Å². The van der Waals surface area contributed by atoms with Crippen molar-refractivity contribution in [3.8, 4) is 5.75 Å². The molecule has 1 aliphatic heterocycles. The van der Waals surface area contributed by atoms with Crippen molar-refractivity contribution < 1.29 is 14.3 Å². The lowest BCUT2D eigenvalue weighted by atomic mass is 10.2. The lowest BCUT2D eigenvalue weighted by Gasteiger charge is -2.19. The SMILES string of the molecule is Cc1nn(C(C)C)c(C)c1NC(=O)Nc1cc2c(cc1Cl)NC(=O)CO2. The number of aromatic nitrogens is 2. The first kappa shape index (κ1) is 18.1. The molecule has 138 valence electrons. The number of nitrogens with zero attached hydrogens (tertiary/aromatic N) is 2. The van der Waals surface area contributed by atoms with Crippen molar-refractivity contribution >= 4 is 40.6 Å². The molecule has 26 heavy (non-hydrogen) atoms. The number of hydrogen-bond donors (Lipinski definition) is 3.